The molecule has 2 N–H and O–H groups in total. The van der Waals surface area contributed by atoms with Crippen molar-refractivity contribution < 1.29 is 5.11 Å². The molecule has 2 aliphatic rings. The van der Waals surface area contributed by atoms with Gasteiger partial charge in [0.15, 0.2) is 0 Å². The van der Waals surface area contributed by atoms with Crippen molar-refractivity contribution >= 4 is 0 Å². The molecule has 0 heterocycles. The van der Waals surface area contributed by atoms with Crippen molar-refractivity contribution in [3.8, 4) is 0 Å². The third-order valence-electron chi connectivity index (χ3n) is 3.70. The summed E-state index contributed by atoms with van der Waals surface area (Å²) < 4.78 is 0. The normalized spacial score (nSPS) is 44.8. The first-order valence-electron chi connectivity index (χ1n) is 5.68. The van der Waals surface area contributed by atoms with Crippen molar-refractivity contribution in [2.45, 2.75) is 51.1 Å². The monoisotopic (exact) mass is 183 g/mol. The summed E-state index contributed by atoms with van der Waals surface area (Å²) in [7, 11) is 0. The van der Waals surface area contributed by atoms with Crippen LogP contribution in [0.2, 0.25) is 0 Å². The standard InChI is InChI=1S/C11H21NO/c1-8-4-2-3-5-10(8)12-11-6-9(11)7-13/h8-13H,2-7H2,1H3/t8?,9-,10?,11+/m0/s1. The molecule has 2 aliphatic carbocycles. The molecule has 13 heavy (non-hydrogen) atoms. The van der Waals surface area contributed by atoms with Gasteiger partial charge in [-0.2, -0.15) is 0 Å². The van der Waals surface area contributed by atoms with Gasteiger partial charge in [0.2, 0.25) is 0 Å². The van der Waals surface area contributed by atoms with Gasteiger partial charge in [0, 0.05) is 18.7 Å². The van der Waals surface area contributed by atoms with Crippen LogP contribution in [0, 0.1) is 11.8 Å². The van der Waals surface area contributed by atoms with Gasteiger partial charge < -0.3 is 10.4 Å². The highest BCUT2D eigenvalue weighted by molar-refractivity contribution is 4.95. The first-order chi connectivity index (χ1) is 6.31. The third-order valence-corrected chi connectivity index (χ3v) is 3.70. The fraction of sp³-hybridized carbons (Fsp3) is 1.00. The minimum atomic E-state index is 0.374. The predicted octanol–water partition coefficient (Wildman–Crippen LogP) is 1.54. The molecule has 0 saturated heterocycles. The molecule has 0 radical (unpaired) electrons. The van der Waals surface area contributed by atoms with Gasteiger partial charge in [-0.1, -0.05) is 19.8 Å². The zero-order chi connectivity index (χ0) is 9.26. The second-order valence-corrected chi connectivity index (χ2v) is 4.82. The van der Waals surface area contributed by atoms with Crippen molar-refractivity contribution in [2.24, 2.45) is 11.8 Å². The smallest absolute Gasteiger partial charge is 0.0474 e. The van der Waals surface area contributed by atoms with Gasteiger partial charge in [-0.15, -0.1) is 0 Å². The Kier molecular flexibility index (Phi) is 2.89. The number of hydrogen-bond acceptors (Lipinski definition) is 2. The van der Waals surface area contributed by atoms with Crippen LogP contribution in [0.25, 0.3) is 0 Å². The summed E-state index contributed by atoms with van der Waals surface area (Å²) in [5.41, 5.74) is 0. The lowest BCUT2D eigenvalue weighted by molar-refractivity contribution is 0.249. The number of aliphatic hydroxyl groups excluding tert-OH is 1. The molecule has 0 bridgehead atoms. The molecular weight excluding hydrogens is 162 g/mol. The first-order valence-corrected chi connectivity index (χ1v) is 5.68. The number of aliphatic hydroxyl groups is 1. The van der Waals surface area contributed by atoms with Crippen molar-refractivity contribution in [1.29, 1.82) is 0 Å². The van der Waals surface area contributed by atoms with Gasteiger partial charge in [0.1, 0.15) is 0 Å². The maximum atomic E-state index is 8.93. The topological polar surface area (TPSA) is 32.3 Å². The van der Waals surface area contributed by atoms with Crippen molar-refractivity contribution in [3.63, 3.8) is 0 Å². The minimum Gasteiger partial charge on any atom is -0.396 e. The maximum Gasteiger partial charge on any atom is 0.0474 e. The molecule has 0 amide bonds. The Morgan fingerprint density at radius 1 is 1.23 bits per heavy atom. The van der Waals surface area contributed by atoms with Gasteiger partial charge in [0.25, 0.3) is 0 Å². The Morgan fingerprint density at radius 2 is 2.00 bits per heavy atom. The lowest BCUT2D eigenvalue weighted by Crippen LogP contribution is -2.39. The Morgan fingerprint density at radius 3 is 2.62 bits per heavy atom. The molecule has 0 aromatic heterocycles. The molecule has 2 rings (SSSR count). The van der Waals surface area contributed by atoms with Crippen LogP contribution in [0.15, 0.2) is 0 Å². The minimum absolute atomic E-state index is 0.374. The highest BCUT2D eigenvalue weighted by Gasteiger charge is 2.38. The summed E-state index contributed by atoms with van der Waals surface area (Å²) in [4.78, 5) is 0. The molecule has 2 nitrogen and oxygen atoms in total. The van der Waals surface area contributed by atoms with Crippen LogP contribution in [0.5, 0.6) is 0 Å². The van der Waals surface area contributed by atoms with E-state index in [0.29, 0.717) is 18.6 Å². The van der Waals surface area contributed by atoms with Crippen LogP contribution in [0.4, 0.5) is 0 Å². The maximum absolute atomic E-state index is 8.93. The van der Waals surface area contributed by atoms with E-state index in [4.69, 9.17) is 5.11 Å². The fourth-order valence-electron chi connectivity index (χ4n) is 2.49. The van der Waals surface area contributed by atoms with E-state index in [1.165, 1.54) is 32.1 Å². The summed E-state index contributed by atoms with van der Waals surface area (Å²) >= 11 is 0. The van der Waals surface area contributed by atoms with E-state index in [0.717, 1.165) is 12.0 Å². The molecule has 2 heteroatoms. The predicted molar refractivity (Wildman–Crippen MR) is 53.5 cm³/mol. The summed E-state index contributed by atoms with van der Waals surface area (Å²) in [6.07, 6.45) is 6.72. The molecule has 4 atom stereocenters. The number of hydrogen-bond donors (Lipinski definition) is 2. The van der Waals surface area contributed by atoms with E-state index in [1.807, 2.05) is 0 Å². The Hall–Kier alpha value is -0.0800. The van der Waals surface area contributed by atoms with Gasteiger partial charge in [-0.25, -0.2) is 0 Å². The lowest BCUT2D eigenvalue weighted by atomic mass is 9.86. The molecule has 2 saturated carbocycles. The van der Waals surface area contributed by atoms with Gasteiger partial charge in [-0.05, 0) is 31.1 Å². The number of rotatable bonds is 3. The largest absolute Gasteiger partial charge is 0.396 e. The third kappa shape index (κ3) is 2.23. The first kappa shape index (κ1) is 9.47. The molecule has 76 valence electrons. The SMILES string of the molecule is CC1CCCCC1N[C@@H]1C[C@H]1CO. The summed E-state index contributed by atoms with van der Waals surface area (Å²) in [6.45, 7) is 2.73. The zero-order valence-corrected chi connectivity index (χ0v) is 8.50. The van der Waals surface area contributed by atoms with E-state index in [-0.39, 0.29) is 0 Å². The van der Waals surface area contributed by atoms with Gasteiger partial charge in [-0.3, -0.25) is 0 Å². The van der Waals surface area contributed by atoms with E-state index in [2.05, 4.69) is 12.2 Å². The lowest BCUT2D eigenvalue weighted by Gasteiger charge is -2.29. The molecule has 0 aromatic rings. The second-order valence-electron chi connectivity index (χ2n) is 4.82. The van der Waals surface area contributed by atoms with E-state index in [9.17, 15) is 0 Å². The summed E-state index contributed by atoms with van der Waals surface area (Å²) in [6, 6.07) is 1.37. The van der Waals surface area contributed by atoms with Crippen LogP contribution >= 0.6 is 0 Å². The Bertz CT molecular complexity index is 171. The van der Waals surface area contributed by atoms with Crippen LogP contribution in [-0.4, -0.2) is 23.8 Å². The fourth-order valence-corrected chi connectivity index (χ4v) is 2.49. The van der Waals surface area contributed by atoms with Crippen LogP contribution in [-0.2, 0) is 0 Å². The van der Waals surface area contributed by atoms with Crippen molar-refractivity contribution in [1.82, 2.24) is 5.32 Å². The van der Waals surface area contributed by atoms with E-state index in [1.54, 1.807) is 0 Å². The van der Waals surface area contributed by atoms with Crippen molar-refractivity contribution in [3.05, 3.63) is 0 Å². The zero-order valence-electron chi connectivity index (χ0n) is 8.50. The molecule has 0 aromatic carbocycles. The van der Waals surface area contributed by atoms with Gasteiger partial charge >= 0.3 is 0 Å². The second kappa shape index (κ2) is 3.97. The molecular formula is C11H21NO. The molecule has 2 fully saturated rings. The van der Waals surface area contributed by atoms with Crippen LogP contribution in [0.1, 0.15) is 39.0 Å². The Balaban J connectivity index is 1.74. The Labute approximate surface area is 80.7 Å². The van der Waals surface area contributed by atoms with E-state index < -0.39 is 0 Å². The molecule has 0 aliphatic heterocycles. The van der Waals surface area contributed by atoms with Crippen molar-refractivity contribution in [2.75, 3.05) is 6.61 Å². The average Bonchev–Trinajstić information content (AvgIpc) is 2.88. The van der Waals surface area contributed by atoms with Crippen LogP contribution in [0.3, 0.4) is 0 Å². The average molecular weight is 183 g/mol. The summed E-state index contributed by atoms with van der Waals surface area (Å²) in [5, 5.41) is 12.6. The van der Waals surface area contributed by atoms with Crippen LogP contribution < -0.4 is 5.32 Å². The molecule has 2 unspecified atom stereocenters. The molecule has 0 spiro atoms. The van der Waals surface area contributed by atoms with E-state index >= 15 is 0 Å². The highest BCUT2D eigenvalue weighted by atomic mass is 16.3. The summed E-state index contributed by atoms with van der Waals surface area (Å²) in [5.74, 6) is 1.41. The highest BCUT2D eigenvalue weighted by Crippen LogP contribution is 2.33. The quantitative estimate of drug-likeness (QED) is 0.695. The number of nitrogens with one attached hydrogen (secondary N) is 1. The van der Waals surface area contributed by atoms with Gasteiger partial charge in [0.05, 0.1) is 0 Å².